The smallest absolute Gasteiger partial charge is 0.221 e. The number of hydrogen-bond donors (Lipinski definition) is 1. The monoisotopic (exact) mass is 260 g/mol. The fraction of sp³-hybridized carbons (Fsp3) is 0.533. The molecule has 1 fully saturated rings. The molecule has 1 heterocycles. The molecule has 1 aromatic carbocycles. The SMILES string of the molecule is CC1CCCC(OCc2nc3c(N)cccc3o2)C1. The summed E-state index contributed by atoms with van der Waals surface area (Å²) in [5.41, 5.74) is 7.98. The van der Waals surface area contributed by atoms with Gasteiger partial charge in [0, 0.05) is 0 Å². The van der Waals surface area contributed by atoms with E-state index in [-0.39, 0.29) is 0 Å². The summed E-state index contributed by atoms with van der Waals surface area (Å²) in [6.07, 6.45) is 5.21. The van der Waals surface area contributed by atoms with E-state index in [0.717, 1.165) is 29.9 Å². The van der Waals surface area contributed by atoms with E-state index < -0.39 is 0 Å². The number of nitrogens with two attached hydrogens (primary N) is 1. The first-order valence-electron chi connectivity index (χ1n) is 6.98. The predicted octanol–water partition coefficient (Wildman–Crippen LogP) is 3.51. The molecular formula is C15H20N2O2. The summed E-state index contributed by atoms with van der Waals surface area (Å²) in [6.45, 7) is 2.72. The Labute approximate surface area is 112 Å². The molecule has 1 saturated carbocycles. The Morgan fingerprint density at radius 2 is 2.32 bits per heavy atom. The van der Waals surface area contributed by atoms with E-state index in [0.29, 0.717) is 24.3 Å². The van der Waals surface area contributed by atoms with Gasteiger partial charge in [0.05, 0.1) is 11.8 Å². The first-order valence-corrected chi connectivity index (χ1v) is 6.98. The lowest BCUT2D eigenvalue weighted by Gasteiger charge is -2.26. The number of aromatic nitrogens is 1. The molecule has 2 aromatic rings. The van der Waals surface area contributed by atoms with Gasteiger partial charge in [0.2, 0.25) is 5.89 Å². The van der Waals surface area contributed by atoms with Crippen molar-refractivity contribution in [2.24, 2.45) is 5.92 Å². The van der Waals surface area contributed by atoms with Crippen LogP contribution in [0.25, 0.3) is 11.1 Å². The molecule has 0 aliphatic heterocycles. The zero-order chi connectivity index (χ0) is 13.2. The molecule has 4 nitrogen and oxygen atoms in total. The van der Waals surface area contributed by atoms with Crippen molar-refractivity contribution in [3.05, 3.63) is 24.1 Å². The van der Waals surface area contributed by atoms with Crippen molar-refractivity contribution in [3.8, 4) is 0 Å². The minimum Gasteiger partial charge on any atom is -0.438 e. The molecule has 1 aromatic heterocycles. The number of para-hydroxylation sites is 1. The number of hydrogen-bond acceptors (Lipinski definition) is 4. The summed E-state index contributed by atoms with van der Waals surface area (Å²) in [4.78, 5) is 4.40. The summed E-state index contributed by atoms with van der Waals surface area (Å²) in [5, 5.41) is 0. The molecular weight excluding hydrogens is 240 g/mol. The number of oxazole rings is 1. The van der Waals surface area contributed by atoms with Crippen LogP contribution in [0.2, 0.25) is 0 Å². The Morgan fingerprint density at radius 3 is 3.11 bits per heavy atom. The second-order valence-electron chi connectivity index (χ2n) is 5.51. The van der Waals surface area contributed by atoms with Crippen LogP contribution in [0.15, 0.2) is 22.6 Å². The largest absolute Gasteiger partial charge is 0.438 e. The van der Waals surface area contributed by atoms with Crippen molar-refractivity contribution < 1.29 is 9.15 Å². The average molecular weight is 260 g/mol. The second kappa shape index (κ2) is 5.21. The third kappa shape index (κ3) is 2.73. The van der Waals surface area contributed by atoms with Crippen molar-refractivity contribution in [2.75, 3.05) is 5.73 Å². The molecule has 2 unspecified atom stereocenters. The lowest BCUT2D eigenvalue weighted by atomic mass is 9.89. The van der Waals surface area contributed by atoms with Gasteiger partial charge in [-0.25, -0.2) is 4.98 Å². The lowest BCUT2D eigenvalue weighted by Crippen LogP contribution is -2.21. The van der Waals surface area contributed by atoms with E-state index in [9.17, 15) is 0 Å². The van der Waals surface area contributed by atoms with Gasteiger partial charge in [0.1, 0.15) is 12.1 Å². The van der Waals surface area contributed by atoms with Gasteiger partial charge >= 0.3 is 0 Å². The van der Waals surface area contributed by atoms with Crippen LogP contribution in [0.3, 0.4) is 0 Å². The Balaban J connectivity index is 1.66. The van der Waals surface area contributed by atoms with Crippen molar-refractivity contribution in [3.63, 3.8) is 0 Å². The van der Waals surface area contributed by atoms with Gasteiger partial charge in [-0.05, 0) is 30.9 Å². The maximum Gasteiger partial charge on any atom is 0.221 e. The van der Waals surface area contributed by atoms with Crippen LogP contribution in [0.5, 0.6) is 0 Å². The van der Waals surface area contributed by atoms with E-state index in [1.807, 2.05) is 18.2 Å². The number of fused-ring (bicyclic) bond motifs is 1. The van der Waals surface area contributed by atoms with Crippen LogP contribution in [0.4, 0.5) is 5.69 Å². The molecule has 0 amide bonds. The van der Waals surface area contributed by atoms with Crippen molar-refractivity contribution in [1.82, 2.24) is 4.98 Å². The van der Waals surface area contributed by atoms with Crippen molar-refractivity contribution in [1.29, 1.82) is 0 Å². The maximum atomic E-state index is 5.91. The number of anilines is 1. The highest BCUT2D eigenvalue weighted by molar-refractivity contribution is 5.85. The van der Waals surface area contributed by atoms with Gasteiger partial charge in [0.15, 0.2) is 5.58 Å². The third-order valence-corrected chi connectivity index (χ3v) is 3.83. The van der Waals surface area contributed by atoms with E-state index >= 15 is 0 Å². The van der Waals surface area contributed by atoms with Crippen LogP contribution in [0, 0.1) is 5.92 Å². The Morgan fingerprint density at radius 1 is 1.42 bits per heavy atom. The summed E-state index contributed by atoms with van der Waals surface area (Å²) in [7, 11) is 0. The molecule has 0 radical (unpaired) electrons. The van der Waals surface area contributed by atoms with Crippen LogP contribution in [0.1, 0.15) is 38.5 Å². The molecule has 0 bridgehead atoms. The number of nitrogens with zero attached hydrogens (tertiary/aromatic N) is 1. The first-order chi connectivity index (χ1) is 9.22. The topological polar surface area (TPSA) is 61.3 Å². The standard InChI is InChI=1S/C15H20N2O2/c1-10-4-2-5-11(8-10)18-9-14-17-15-12(16)6-3-7-13(15)19-14/h3,6-7,10-11H,2,4-5,8-9,16H2,1H3. The lowest BCUT2D eigenvalue weighted by molar-refractivity contribution is -0.00403. The quantitative estimate of drug-likeness (QED) is 0.858. The molecule has 19 heavy (non-hydrogen) atoms. The van der Waals surface area contributed by atoms with Crippen LogP contribution in [-0.4, -0.2) is 11.1 Å². The molecule has 1 aliphatic carbocycles. The zero-order valence-electron chi connectivity index (χ0n) is 11.3. The molecule has 1 aliphatic rings. The average Bonchev–Trinajstić information content (AvgIpc) is 2.81. The Hall–Kier alpha value is -1.55. The van der Waals surface area contributed by atoms with Gasteiger partial charge < -0.3 is 14.9 Å². The fourth-order valence-electron chi connectivity index (χ4n) is 2.80. The highest BCUT2D eigenvalue weighted by Crippen LogP contribution is 2.27. The number of rotatable bonds is 3. The van der Waals surface area contributed by atoms with Gasteiger partial charge in [-0.15, -0.1) is 0 Å². The molecule has 2 N–H and O–H groups in total. The van der Waals surface area contributed by atoms with Crippen molar-refractivity contribution in [2.45, 2.75) is 45.3 Å². The van der Waals surface area contributed by atoms with Gasteiger partial charge in [0.25, 0.3) is 0 Å². The molecule has 3 rings (SSSR count). The van der Waals surface area contributed by atoms with Crippen molar-refractivity contribution >= 4 is 16.8 Å². The predicted molar refractivity (Wildman–Crippen MR) is 74.6 cm³/mol. The summed E-state index contributed by atoms with van der Waals surface area (Å²) in [5.74, 6) is 1.38. The maximum absolute atomic E-state index is 5.91. The molecule has 4 heteroatoms. The number of ether oxygens (including phenoxy) is 1. The minimum absolute atomic E-state index is 0.344. The molecule has 0 spiro atoms. The third-order valence-electron chi connectivity index (χ3n) is 3.83. The van der Waals surface area contributed by atoms with E-state index in [4.69, 9.17) is 14.9 Å². The zero-order valence-corrected chi connectivity index (χ0v) is 11.3. The van der Waals surface area contributed by atoms with Crippen LogP contribution < -0.4 is 5.73 Å². The van der Waals surface area contributed by atoms with Gasteiger partial charge in [-0.1, -0.05) is 25.8 Å². The van der Waals surface area contributed by atoms with E-state index in [2.05, 4.69) is 11.9 Å². The summed E-state index contributed by atoms with van der Waals surface area (Å²) >= 11 is 0. The highest BCUT2D eigenvalue weighted by Gasteiger charge is 2.20. The molecule has 0 saturated heterocycles. The fourth-order valence-corrected chi connectivity index (χ4v) is 2.80. The van der Waals surface area contributed by atoms with Gasteiger partial charge in [-0.2, -0.15) is 0 Å². The van der Waals surface area contributed by atoms with E-state index in [1.165, 1.54) is 12.8 Å². The highest BCUT2D eigenvalue weighted by atomic mass is 16.5. The molecule has 102 valence electrons. The minimum atomic E-state index is 0.344. The van der Waals surface area contributed by atoms with Gasteiger partial charge in [-0.3, -0.25) is 0 Å². The normalized spacial score (nSPS) is 23.8. The molecule has 2 atom stereocenters. The summed E-state index contributed by atoms with van der Waals surface area (Å²) < 4.78 is 11.6. The van der Waals surface area contributed by atoms with Crippen LogP contribution in [-0.2, 0) is 11.3 Å². The van der Waals surface area contributed by atoms with Crippen LogP contribution >= 0.6 is 0 Å². The first kappa shape index (κ1) is 12.5. The Bertz CT molecular complexity index is 564. The van der Waals surface area contributed by atoms with E-state index in [1.54, 1.807) is 0 Å². The second-order valence-corrected chi connectivity index (χ2v) is 5.51. The summed E-state index contributed by atoms with van der Waals surface area (Å²) in [6, 6.07) is 5.58. The number of nitrogen functional groups attached to an aromatic ring is 1. The Kier molecular flexibility index (Phi) is 3.42. The number of benzene rings is 1.